The fourth-order valence-corrected chi connectivity index (χ4v) is 3.53. The molecule has 2 aromatic rings. The van der Waals surface area contributed by atoms with Gasteiger partial charge in [-0.25, -0.2) is 0 Å². The van der Waals surface area contributed by atoms with Gasteiger partial charge in [-0.15, -0.1) is 0 Å². The molecular formula is C22H23NO4. The lowest BCUT2D eigenvalue weighted by atomic mass is 9.86. The van der Waals surface area contributed by atoms with Gasteiger partial charge in [-0.1, -0.05) is 60.2 Å². The van der Waals surface area contributed by atoms with Gasteiger partial charge in [0, 0.05) is 25.8 Å². The lowest BCUT2D eigenvalue weighted by molar-refractivity contribution is -0.140. The largest absolute Gasteiger partial charge is 0.385 e. The Hall–Kier alpha value is -2.79. The van der Waals surface area contributed by atoms with Gasteiger partial charge in [0.15, 0.2) is 5.78 Å². The van der Waals surface area contributed by atoms with Crippen molar-refractivity contribution in [3.8, 4) is 0 Å². The lowest BCUT2D eigenvalue weighted by Crippen LogP contribution is -2.32. The van der Waals surface area contributed by atoms with Crippen LogP contribution in [-0.2, 0) is 14.3 Å². The summed E-state index contributed by atoms with van der Waals surface area (Å²) in [6.45, 7) is 2.79. The van der Waals surface area contributed by atoms with E-state index in [9.17, 15) is 14.4 Å². The quantitative estimate of drug-likeness (QED) is 0.327. The van der Waals surface area contributed by atoms with Gasteiger partial charge in [0.2, 0.25) is 5.78 Å². The molecule has 2 atom stereocenters. The van der Waals surface area contributed by atoms with Gasteiger partial charge in [0.1, 0.15) is 5.92 Å². The van der Waals surface area contributed by atoms with Gasteiger partial charge in [0.05, 0.1) is 6.04 Å². The van der Waals surface area contributed by atoms with Gasteiger partial charge >= 0.3 is 0 Å². The summed E-state index contributed by atoms with van der Waals surface area (Å²) in [4.78, 5) is 40.1. The van der Waals surface area contributed by atoms with Crippen LogP contribution in [0.1, 0.15) is 33.9 Å². The molecule has 140 valence electrons. The molecule has 0 saturated carbocycles. The molecule has 1 fully saturated rings. The summed E-state index contributed by atoms with van der Waals surface area (Å²) in [7, 11) is 1.59. The van der Waals surface area contributed by atoms with E-state index in [1.54, 1.807) is 19.2 Å². The third kappa shape index (κ3) is 3.83. The standard InChI is InChI=1S/C22H23NO4/c1-15-9-11-17(12-10-15)20(24)18-19(16-7-4-3-5-8-16)23(13-6-14-27-2)22(26)21(18)25/h3-5,7-12,18-19H,6,13-14H2,1-2H3. The first-order valence-electron chi connectivity index (χ1n) is 9.04. The average Bonchev–Trinajstić information content (AvgIpc) is 2.94. The van der Waals surface area contributed by atoms with E-state index in [1.165, 1.54) is 4.90 Å². The number of likely N-dealkylation sites (tertiary alicyclic amines) is 1. The minimum Gasteiger partial charge on any atom is -0.385 e. The number of benzene rings is 2. The van der Waals surface area contributed by atoms with Crippen LogP contribution in [0.5, 0.6) is 0 Å². The molecule has 1 aliphatic rings. The predicted octanol–water partition coefficient (Wildman–Crippen LogP) is 2.98. The summed E-state index contributed by atoms with van der Waals surface area (Å²) < 4.78 is 5.07. The van der Waals surface area contributed by atoms with E-state index in [0.29, 0.717) is 25.1 Å². The van der Waals surface area contributed by atoms with Crippen LogP contribution in [0.3, 0.4) is 0 Å². The minimum absolute atomic E-state index is 0.309. The first-order chi connectivity index (χ1) is 13.0. The number of hydrogen-bond acceptors (Lipinski definition) is 4. The Balaban J connectivity index is 1.98. The van der Waals surface area contributed by atoms with Crippen molar-refractivity contribution in [1.82, 2.24) is 4.90 Å². The molecule has 0 radical (unpaired) electrons. The summed E-state index contributed by atoms with van der Waals surface area (Å²) in [5, 5.41) is 0. The van der Waals surface area contributed by atoms with E-state index in [-0.39, 0.29) is 5.78 Å². The Labute approximate surface area is 158 Å². The molecule has 2 unspecified atom stereocenters. The molecule has 0 aromatic heterocycles. The van der Waals surface area contributed by atoms with Crippen molar-refractivity contribution in [2.45, 2.75) is 19.4 Å². The van der Waals surface area contributed by atoms with Crippen molar-refractivity contribution in [1.29, 1.82) is 0 Å². The van der Waals surface area contributed by atoms with E-state index >= 15 is 0 Å². The number of aryl methyl sites for hydroxylation is 1. The van der Waals surface area contributed by atoms with Gasteiger partial charge in [0.25, 0.3) is 5.91 Å². The highest BCUT2D eigenvalue weighted by atomic mass is 16.5. The minimum atomic E-state index is -1.02. The fourth-order valence-electron chi connectivity index (χ4n) is 3.53. The molecule has 0 spiro atoms. The third-order valence-corrected chi connectivity index (χ3v) is 4.91. The average molecular weight is 365 g/mol. The van der Waals surface area contributed by atoms with Crippen molar-refractivity contribution in [3.05, 3.63) is 71.3 Å². The van der Waals surface area contributed by atoms with Gasteiger partial charge in [-0.05, 0) is 18.9 Å². The molecule has 1 heterocycles. The molecule has 1 saturated heterocycles. The Bertz CT molecular complexity index is 829. The van der Waals surface area contributed by atoms with E-state index in [1.807, 2.05) is 49.4 Å². The number of ketones is 2. The number of Topliss-reactive ketones (excluding diaryl/α,β-unsaturated/α-hetero) is 2. The second kappa shape index (κ2) is 8.27. The highest BCUT2D eigenvalue weighted by Crippen LogP contribution is 2.38. The molecule has 5 heteroatoms. The van der Waals surface area contributed by atoms with Crippen LogP contribution < -0.4 is 0 Å². The normalized spacial score (nSPS) is 19.6. The summed E-state index contributed by atoms with van der Waals surface area (Å²) in [5.74, 6) is -2.56. The first-order valence-corrected chi connectivity index (χ1v) is 9.04. The van der Waals surface area contributed by atoms with Gasteiger partial charge in [-0.3, -0.25) is 14.4 Å². The predicted molar refractivity (Wildman–Crippen MR) is 101 cm³/mol. The molecular weight excluding hydrogens is 342 g/mol. The van der Waals surface area contributed by atoms with Crippen LogP contribution in [0.4, 0.5) is 0 Å². The van der Waals surface area contributed by atoms with Gasteiger partial charge < -0.3 is 9.64 Å². The Morgan fingerprint density at radius 2 is 1.70 bits per heavy atom. The van der Waals surface area contributed by atoms with Gasteiger partial charge in [-0.2, -0.15) is 0 Å². The second-order valence-electron chi connectivity index (χ2n) is 6.77. The maximum Gasteiger partial charge on any atom is 0.291 e. The number of rotatable bonds is 7. The van der Waals surface area contributed by atoms with Crippen molar-refractivity contribution < 1.29 is 19.1 Å². The maximum absolute atomic E-state index is 13.1. The number of amides is 1. The number of nitrogens with zero attached hydrogens (tertiary/aromatic N) is 1. The smallest absolute Gasteiger partial charge is 0.291 e. The molecule has 0 N–H and O–H groups in total. The van der Waals surface area contributed by atoms with Crippen molar-refractivity contribution in [2.75, 3.05) is 20.3 Å². The Kier molecular flexibility index (Phi) is 5.81. The van der Waals surface area contributed by atoms with Crippen LogP contribution >= 0.6 is 0 Å². The van der Waals surface area contributed by atoms with Crippen LogP contribution in [-0.4, -0.2) is 42.6 Å². The second-order valence-corrected chi connectivity index (χ2v) is 6.77. The number of methoxy groups -OCH3 is 1. The molecule has 5 nitrogen and oxygen atoms in total. The lowest BCUT2D eigenvalue weighted by Gasteiger charge is -2.27. The summed E-state index contributed by atoms with van der Waals surface area (Å²) >= 11 is 0. The van der Waals surface area contributed by atoms with E-state index in [4.69, 9.17) is 4.74 Å². The monoisotopic (exact) mass is 365 g/mol. The number of carbonyl (C=O) groups excluding carboxylic acids is 3. The van der Waals surface area contributed by atoms with Crippen molar-refractivity contribution >= 4 is 17.5 Å². The van der Waals surface area contributed by atoms with Crippen LogP contribution in [0.25, 0.3) is 0 Å². The van der Waals surface area contributed by atoms with Crippen LogP contribution in [0.2, 0.25) is 0 Å². The molecule has 1 amide bonds. The zero-order valence-corrected chi connectivity index (χ0v) is 15.6. The highest BCUT2D eigenvalue weighted by Gasteiger charge is 2.51. The third-order valence-electron chi connectivity index (χ3n) is 4.91. The molecule has 27 heavy (non-hydrogen) atoms. The topological polar surface area (TPSA) is 63.7 Å². The Morgan fingerprint density at radius 1 is 1.04 bits per heavy atom. The number of carbonyl (C=O) groups is 3. The van der Waals surface area contributed by atoms with E-state index < -0.39 is 23.7 Å². The maximum atomic E-state index is 13.1. The van der Waals surface area contributed by atoms with E-state index in [0.717, 1.165) is 11.1 Å². The molecule has 0 bridgehead atoms. The summed E-state index contributed by atoms with van der Waals surface area (Å²) in [6, 6.07) is 15.8. The highest BCUT2D eigenvalue weighted by molar-refractivity contribution is 6.44. The van der Waals surface area contributed by atoms with Crippen LogP contribution in [0.15, 0.2) is 54.6 Å². The molecule has 2 aromatic carbocycles. The number of ether oxygens (including phenoxy) is 1. The molecule has 1 aliphatic heterocycles. The molecule has 0 aliphatic carbocycles. The van der Waals surface area contributed by atoms with Crippen molar-refractivity contribution in [2.24, 2.45) is 5.92 Å². The SMILES string of the molecule is COCCCN1C(=O)C(=O)C(C(=O)c2ccc(C)cc2)C1c1ccccc1. The fraction of sp³-hybridized carbons (Fsp3) is 0.318. The zero-order chi connectivity index (χ0) is 19.4. The summed E-state index contributed by atoms with van der Waals surface area (Å²) in [5.41, 5.74) is 2.27. The van der Waals surface area contributed by atoms with Crippen LogP contribution in [0, 0.1) is 12.8 Å². The summed E-state index contributed by atoms with van der Waals surface area (Å²) in [6.07, 6.45) is 0.601. The zero-order valence-electron chi connectivity index (χ0n) is 15.6. The molecule has 3 rings (SSSR count). The first kappa shape index (κ1) is 19.0. The van der Waals surface area contributed by atoms with Crippen molar-refractivity contribution in [3.63, 3.8) is 0 Å². The van der Waals surface area contributed by atoms with E-state index in [2.05, 4.69) is 0 Å². The number of hydrogen-bond donors (Lipinski definition) is 0. The Morgan fingerprint density at radius 3 is 2.33 bits per heavy atom.